The maximum Gasteiger partial charge on any atom is 0.328 e. The van der Waals surface area contributed by atoms with Gasteiger partial charge in [0.15, 0.2) is 5.76 Å². The van der Waals surface area contributed by atoms with Gasteiger partial charge < -0.3 is 19.2 Å². The molecule has 1 unspecified atom stereocenters. The second-order valence-electron chi connectivity index (χ2n) is 8.23. The van der Waals surface area contributed by atoms with Crippen molar-refractivity contribution in [1.29, 1.82) is 0 Å². The molecule has 4 aromatic rings. The Hall–Kier alpha value is -4.06. The molecule has 0 radical (unpaired) electrons. The van der Waals surface area contributed by atoms with E-state index in [0.29, 0.717) is 17.8 Å². The van der Waals surface area contributed by atoms with Crippen LogP contribution >= 0.6 is 0 Å². The highest BCUT2D eigenvalue weighted by Gasteiger charge is 2.25. The molecule has 1 atom stereocenters. The van der Waals surface area contributed by atoms with E-state index in [1.54, 1.807) is 31.4 Å². The van der Waals surface area contributed by atoms with Gasteiger partial charge in [-0.1, -0.05) is 42.5 Å². The Labute approximate surface area is 198 Å². The van der Waals surface area contributed by atoms with E-state index in [0.717, 1.165) is 22.1 Å². The summed E-state index contributed by atoms with van der Waals surface area (Å²) < 4.78 is 15.8. The number of nitrogens with one attached hydrogen (secondary N) is 1. The Morgan fingerprint density at radius 1 is 0.912 bits per heavy atom. The molecule has 6 heteroatoms. The molecule has 0 saturated heterocycles. The van der Waals surface area contributed by atoms with Crippen LogP contribution in [0.15, 0.2) is 71.1 Å². The molecule has 3 aromatic carbocycles. The molecule has 0 saturated carbocycles. The third-order valence-electron chi connectivity index (χ3n) is 5.90. The number of ether oxygens (including phenoxy) is 2. The number of aryl methyl sites for hydroxylation is 2. The fourth-order valence-corrected chi connectivity index (χ4v) is 4.09. The van der Waals surface area contributed by atoms with E-state index < -0.39 is 17.9 Å². The second kappa shape index (κ2) is 9.83. The Morgan fingerprint density at radius 3 is 2.38 bits per heavy atom. The molecule has 1 amide bonds. The van der Waals surface area contributed by atoms with E-state index in [1.165, 1.54) is 18.2 Å². The van der Waals surface area contributed by atoms with Crippen LogP contribution in [0.1, 0.15) is 27.2 Å². The molecule has 0 bridgehead atoms. The maximum absolute atomic E-state index is 12.9. The lowest BCUT2D eigenvalue weighted by Crippen LogP contribution is -2.43. The van der Waals surface area contributed by atoms with Gasteiger partial charge in [0.1, 0.15) is 17.4 Å². The predicted molar refractivity (Wildman–Crippen MR) is 131 cm³/mol. The number of amides is 1. The maximum atomic E-state index is 12.9. The molecule has 34 heavy (non-hydrogen) atoms. The minimum Gasteiger partial charge on any atom is -0.497 e. The molecule has 174 valence electrons. The quantitative estimate of drug-likeness (QED) is 0.384. The van der Waals surface area contributed by atoms with Gasteiger partial charge in [0.2, 0.25) is 0 Å². The highest BCUT2D eigenvalue weighted by Crippen LogP contribution is 2.28. The van der Waals surface area contributed by atoms with Crippen molar-refractivity contribution in [1.82, 2.24) is 5.32 Å². The lowest BCUT2D eigenvalue weighted by atomic mass is 9.93. The molecule has 6 nitrogen and oxygen atoms in total. The number of fused-ring (bicyclic) bond motifs is 1. The van der Waals surface area contributed by atoms with Crippen LogP contribution in [0.3, 0.4) is 0 Å². The summed E-state index contributed by atoms with van der Waals surface area (Å²) in [5.41, 5.74) is 6.07. The molecule has 1 N–H and O–H groups in total. The standard InChI is InChI=1S/C28H27NO5/c1-17-7-5-6-8-22(17)23-11-9-19(13-18(23)2)14-24(28(31)33-4)29-27(30)26-16-20-15-21(32-3)10-12-25(20)34-26/h5-13,15-16,24H,14H2,1-4H3,(H,29,30). The van der Waals surface area contributed by atoms with Crippen molar-refractivity contribution in [2.75, 3.05) is 14.2 Å². The number of furan rings is 1. The van der Waals surface area contributed by atoms with Crippen molar-refractivity contribution >= 4 is 22.8 Å². The van der Waals surface area contributed by atoms with Gasteiger partial charge in [0.25, 0.3) is 5.91 Å². The van der Waals surface area contributed by atoms with Gasteiger partial charge in [-0.25, -0.2) is 4.79 Å². The minimum absolute atomic E-state index is 0.114. The van der Waals surface area contributed by atoms with Gasteiger partial charge in [-0.2, -0.15) is 0 Å². The summed E-state index contributed by atoms with van der Waals surface area (Å²) in [4.78, 5) is 25.4. The minimum atomic E-state index is -0.857. The normalized spacial score (nSPS) is 11.8. The Kier molecular flexibility index (Phi) is 6.68. The van der Waals surface area contributed by atoms with Crippen molar-refractivity contribution in [3.05, 3.63) is 89.2 Å². The first-order valence-electron chi connectivity index (χ1n) is 11.0. The Bertz CT molecular complexity index is 1350. The van der Waals surface area contributed by atoms with Crippen molar-refractivity contribution in [2.45, 2.75) is 26.3 Å². The van der Waals surface area contributed by atoms with Gasteiger partial charge in [-0.05, 0) is 65.9 Å². The van der Waals surface area contributed by atoms with Gasteiger partial charge in [-0.15, -0.1) is 0 Å². The largest absolute Gasteiger partial charge is 0.497 e. The average molecular weight is 458 g/mol. The first-order chi connectivity index (χ1) is 16.4. The zero-order valence-corrected chi connectivity index (χ0v) is 19.7. The third kappa shape index (κ3) is 4.81. The average Bonchev–Trinajstić information content (AvgIpc) is 3.27. The smallest absolute Gasteiger partial charge is 0.328 e. The van der Waals surface area contributed by atoms with Crippen LogP contribution in [0.2, 0.25) is 0 Å². The number of rotatable bonds is 7. The summed E-state index contributed by atoms with van der Waals surface area (Å²) in [5.74, 6) is -0.231. The molecule has 0 aliphatic carbocycles. The van der Waals surface area contributed by atoms with Crippen LogP contribution in [0.4, 0.5) is 0 Å². The zero-order valence-electron chi connectivity index (χ0n) is 19.7. The molecular formula is C28H27NO5. The second-order valence-corrected chi connectivity index (χ2v) is 8.23. The van der Waals surface area contributed by atoms with Gasteiger partial charge in [-0.3, -0.25) is 4.79 Å². The lowest BCUT2D eigenvalue weighted by Gasteiger charge is -2.17. The molecule has 0 fully saturated rings. The molecule has 0 spiro atoms. The number of esters is 1. The summed E-state index contributed by atoms with van der Waals surface area (Å²) in [6.07, 6.45) is 0.293. The summed E-state index contributed by atoms with van der Waals surface area (Å²) >= 11 is 0. The molecule has 4 rings (SSSR count). The number of methoxy groups -OCH3 is 2. The van der Waals surface area contributed by atoms with E-state index >= 15 is 0 Å². The summed E-state index contributed by atoms with van der Waals surface area (Å²) in [6, 6.07) is 20.3. The lowest BCUT2D eigenvalue weighted by molar-refractivity contribution is -0.142. The van der Waals surface area contributed by atoms with Gasteiger partial charge >= 0.3 is 5.97 Å². The van der Waals surface area contributed by atoms with Crippen LogP contribution in [0, 0.1) is 13.8 Å². The number of hydrogen-bond acceptors (Lipinski definition) is 5. The topological polar surface area (TPSA) is 77.8 Å². The van der Waals surface area contributed by atoms with Crippen molar-refractivity contribution in [3.63, 3.8) is 0 Å². The first kappa shape index (κ1) is 23.1. The van der Waals surface area contributed by atoms with Crippen LogP contribution in [-0.4, -0.2) is 32.1 Å². The molecule has 0 aliphatic rings. The fourth-order valence-electron chi connectivity index (χ4n) is 4.09. The molecule has 0 aliphatic heterocycles. The van der Waals surface area contributed by atoms with E-state index in [9.17, 15) is 9.59 Å². The summed E-state index contributed by atoms with van der Waals surface area (Å²) in [6.45, 7) is 4.12. The Morgan fingerprint density at radius 2 is 1.68 bits per heavy atom. The predicted octanol–water partition coefficient (Wildman–Crippen LogP) is 5.24. The number of benzene rings is 3. The molecule has 1 heterocycles. The van der Waals surface area contributed by atoms with Crippen molar-refractivity contribution in [3.8, 4) is 16.9 Å². The number of carbonyl (C=O) groups is 2. The first-order valence-corrected chi connectivity index (χ1v) is 11.0. The van der Waals surface area contributed by atoms with E-state index in [4.69, 9.17) is 13.9 Å². The Balaban J connectivity index is 1.55. The van der Waals surface area contributed by atoms with Crippen LogP contribution in [0.25, 0.3) is 22.1 Å². The number of hydrogen-bond donors (Lipinski definition) is 1. The highest BCUT2D eigenvalue weighted by molar-refractivity contribution is 5.98. The van der Waals surface area contributed by atoms with Gasteiger partial charge in [0, 0.05) is 11.8 Å². The zero-order chi connectivity index (χ0) is 24.2. The van der Waals surface area contributed by atoms with Crippen LogP contribution in [0.5, 0.6) is 5.75 Å². The number of carbonyl (C=O) groups excluding carboxylic acids is 2. The van der Waals surface area contributed by atoms with Crippen molar-refractivity contribution in [2.24, 2.45) is 0 Å². The van der Waals surface area contributed by atoms with E-state index in [1.807, 2.05) is 31.2 Å². The van der Waals surface area contributed by atoms with E-state index in [2.05, 4.69) is 30.4 Å². The summed E-state index contributed by atoms with van der Waals surface area (Å²) in [7, 11) is 2.88. The molecular weight excluding hydrogens is 430 g/mol. The van der Waals surface area contributed by atoms with Crippen LogP contribution in [-0.2, 0) is 16.0 Å². The highest BCUT2D eigenvalue weighted by atomic mass is 16.5. The third-order valence-corrected chi connectivity index (χ3v) is 5.90. The summed E-state index contributed by atoms with van der Waals surface area (Å²) in [5, 5.41) is 3.50. The fraction of sp³-hybridized carbons (Fsp3) is 0.214. The van der Waals surface area contributed by atoms with E-state index in [-0.39, 0.29) is 5.76 Å². The molecule has 1 aromatic heterocycles. The van der Waals surface area contributed by atoms with Gasteiger partial charge in [0.05, 0.1) is 14.2 Å². The van der Waals surface area contributed by atoms with Crippen molar-refractivity contribution < 1.29 is 23.5 Å². The monoisotopic (exact) mass is 457 g/mol. The SMILES string of the molecule is COC(=O)C(Cc1ccc(-c2ccccc2C)c(C)c1)NC(=O)c1cc2cc(OC)ccc2o1. The van der Waals surface area contributed by atoms with Crippen LogP contribution < -0.4 is 10.1 Å².